The molecule has 0 spiro atoms. The second kappa shape index (κ2) is 9.21. The third-order valence-electron chi connectivity index (χ3n) is 4.27. The number of thioether (sulfide) groups is 1. The molecule has 3 rings (SSSR count). The van der Waals surface area contributed by atoms with Gasteiger partial charge in [-0.05, 0) is 43.2 Å². The van der Waals surface area contributed by atoms with Crippen molar-refractivity contribution in [1.29, 1.82) is 0 Å². The quantitative estimate of drug-likeness (QED) is 0.762. The van der Waals surface area contributed by atoms with Gasteiger partial charge in [0.05, 0.1) is 5.02 Å². The van der Waals surface area contributed by atoms with Gasteiger partial charge >= 0.3 is 0 Å². The molecule has 28 heavy (non-hydrogen) atoms. The van der Waals surface area contributed by atoms with E-state index in [2.05, 4.69) is 22.2 Å². The van der Waals surface area contributed by atoms with Crippen molar-refractivity contribution in [2.75, 3.05) is 11.9 Å². The van der Waals surface area contributed by atoms with Crippen LogP contribution in [0.5, 0.6) is 0 Å². The highest BCUT2D eigenvalue weighted by Gasteiger charge is 2.38. The number of aromatic nitrogens is 1. The molecule has 1 aliphatic heterocycles. The van der Waals surface area contributed by atoms with E-state index in [0.717, 1.165) is 12.1 Å². The predicted molar refractivity (Wildman–Crippen MR) is 114 cm³/mol. The first-order valence-electron chi connectivity index (χ1n) is 9.07. The van der Waals surface area contributed by atoms with Gasteiger partial charge in [-0.25, -0.2) is 9.98 Å². The summed E-state index contributed by atoms with van der Waals surface area (Å²) in [5, 5.41) is 3.43. The molecule has 1 aliphatic rings. The van der Waals surface area contributed by atoms with Crippen LogP contribution >= 0.6 is 23.4 Å². The number of pyridine rings is 1. The minimum Gasteiger partial charge on any atom is -0.326 e. The minimum atomic E-state index is -0.499. The van der Waals surface area contributed by atoms with Crippen LogP contribution in [0.3, 0.4) is 0 Å². The van der Waals surface area contributed by atoms with Crippen molar-refractivity contribution < 1.29 is 9.59 Å². The van der Waals surface area contributed by atoms with Gasteiger partial charge in [-0.1, -0.05) is 42.4 Å². The maximum absolute atomic E-state index is 12.7. The Labute approximate surface area is 173 Å². The Balaban J connectivity index is 1.67. The van der Waals surface area contributed by atoms with E-state index in [9.17, 15) is 9.59 Å². The number of nitrogens with one attached hydrogen (secondary N) is 1. The normalized spacial score (nSPS) is 18.0. The number of carbonyl (C=O) groups excluding carboxylic acids is 2. The minimum absolute atomic E-state index is 0.0859. The van der Waals surface area contributed by atoms with Crippen molar-refractivity contribution in [2.24, 2.45) is 4.99 Å². The number of hydrogen-bond acceptors (Lipinski definition) is 5. The molecular formula is C20H21ClN4O2S. The van der Waals surface area contributed by atoms with Gasteiger partial charge in [-0.15, -0.1) is 0 Å². The largest absolute Gasteiger partial charge is 0.326 e. The molecule has 146 valence electrons. The zero-order valence-electron chi connectivity index (χ0n) is 15.7. The first kappa shape index (κ1) is 20.4. The number of rotatable bonds is 6. The summed E-state index contributed by atoms with van der Waals surface area (Å²) in [6, 6.07) is 11.1. The van der Waals surface area contributed by atoms with E-state index < -0.39 is 5.25 Å². The molecule has 1 N–H and O–H groups in total. The van der Waals surface area contributed by atoms with E-state index in [1.807, 2.05) is 31.2 Å². The molecule has 1 saturated heterocycles. The highest BCUT2D eigenvalue weighted by atomic mass is 35.5. The number of benzene rings is 1. The SMILES string of the molecule is CCc1ccc(NC(=O)CC2SC(=Nc3ccc(Cl)cn3)N(CC)C2=O)cc1. The fraction of sp³-hybridized carbons (Fsp3) is 0.300. The molecule has 0 radical (unpaired) electrons. The molecular weight excluding hydrogens is 396 g/mol. The van der Waals surface area contributed by atoms with E-state index in [1.54, 1.807) is 17.0 Å². The molecule has 1 atom stereocenters. The summed E-state index contributed by atoms with van der Waals surface area (Å²) < 4.78 is 0. The molecule has 0 bridgehead atoms. The summed E-state index contributed by atoms with van der Waals surface area (Å²) in [6.07, 6.45) is 2.54. The number of hydrogen-bond donors (Lipinski definition) is 1. The molecule has 1 aromatic carbocycles. The maximum Gasteiger partial charge on any atom is 0.242 e. The second-order valence-electron chi connectivity index (χ2n) is 6.22. The Morgan fingerprint density at radius 2 is 2.00 bits per heavy atom. The van der Waals surface area contributed by atoms with Crippen molar-refractivity contribution >= 4 is 51.9 Å². The number of anilines is 1. The molecule has 1 aromatic heterocycles. The first-order chi connectivity index (χ1) is 13.5. The van der Waals surface area contributed by atoms with Crippen LogP contribution in [0.15, 0.2) is 47.6 Å². The van der Waals surface area contributed by atoms with Crippen LogP contribution in [0.25, 0.3) is 0 Å². The van der Waals surface area contributed by atoms with E-state index in [1.165, 1.54) is 23.5 Å². The van der Waals surface area contributed by atoms with Gasteiger partial charge in [0.1, 0.15) is 5.25 Å². The molecule has 1 fully saturated rings. The molecule has 6 nitrogen and oxygen atoms in total. The third kappa shape index (κ3) is 4.91. The van der Waals surface area contributed by atoms with Gasteiger partial charge < -0.3 is 5.32 Å². The topological polar surface area (TPSA) is 74.7 Å². The van der Waals surface area contributed by atoms with Crippen LogP contribution in [0.4, 0.5) is 11.5 Å². The number of aryl methyl sites for hydroxylation is 1. The Morgan fingerprint density at radius 3 is 2.61 bits per heavy atom. The lowest BCUT2D eigenvalue weighted by atomic mass is 10.1. The zero-order valence-corrected chi connectivity index (χ0v) is 17.3. The van der Waals surface area contributed by atoms with Gasteiger partial charge in [-0.2, -0.15) is 0 Å². The van der Waals surface area contributed by atoms with E-state index >= 15 is 0 Å². The smallest absolute Gasteiger partial charge is 0.242 e. The number of aliphatic imine (C=N–C) groups is 1. The number of halogens is 1. The lowest BCUT2D eigenvalue weighted by molar-refractivity contribution is -0.128. The van der Waals surface area contributed by atoms with E-state index in [4.69, 9.17) is 11.6 Å². The fourth-order valence-electron chi connectivity index (χ4n) is 2.75. The van der Waals surface area contributed by atoms with Crippen molar-refractivity contribution in [3.63, 3.8) is 0 Å². The summed E-state index contributed by atoms with van der Waals surface area (Å²) >= 11 is 7.13. The van der Waals surface area contributed by atoms with E-state index in [0.29, 0.717) is 22.6 Å². The number of carbonyl (C=O) groups is 2. The fourth-order valence-corrected chi connectivity index (χ4v) is 4.07. The summed E-state index contributed by atoms with van der Waals surface area (Å²) in [7, 11) is 0. The Morgan fingerprint density at radius 1 is 1.25 bits per heavy atom. The molecule has 8 heteroatoms. The van der Waals surface area contributed by atoms with Crippen molar-refractivity contribution in [1.82, 2.24) is 9.88 Å². The van der Waals surface area contributed by atoms with Crippen molar-refractivity contribution in [2.45, 2.75) is 31.9 Å². The molecule has 1 unspecified atom stereocenters. The standard InChI is InChI=1S/C20H21ClN4O2S/c1-3-13-5-8-15(9-6-13)23-18(26)11-16-19(27)25(4-2)20(28-16)24-17-10-7-14(21)12-22-17/h5-10,12,16H,3-4,11H2,1-2H3,(H,23,26). The highest BCUT2D eigenvalue weighted by molar-refractivity contribution is 8.15. The number of nitrogens with zero attached hydrogens (tertiary/aromatic N) is 3. The van der Waals surface area contributed by atoms with Crippen molar-refractivity contribution in [3.8, 4) is 0 Å². The molecule has 0 saturated carbocycles. The van der Waals surface area contributed by atoms with Gasteiger partial charge in [0, 0.05) is 24.8 Å². The van der Waals surface area contributed by atoms with Crippen molar-refractivity contribution in [3.05, 3.63) is 53.2 Å². The molecule has 0 aliphatic carbocycles. The predicted octanol–water partition coefficient (Wildman–Crippen LogP) is 4.28. The Hall–Kier alpha value is -2.38. The van der Waals surface area contributed by atoms with E-state index in [-0.39, 0.29) is 18.2 Å². The summed E-state index contributed by atoms with van der Waals surface area (Å²) in [6.45, 7) is 4.44. The van der Waals surface area contributed by atoms with Crippen LogP contribution in [-0.4, -0.2) is 38.7 Å². The Kier molecular flexibility index (Phi) is 6.70. The molecule has 2 heterocycles. The number of amidine groups is 1. The lowest BCUT2D eigenvalue weighted by Crippen LogP contribution is -2.33. The average molecular weight is 417 g/mol. The Bertz CT molecular complexity index is 884. The number of amides is 2. The van der Waals surface area contributed by atoms with Gasteiger partial charge in [0.15, 0.2) is 11.0 Å². The van der Waals surface area contributed by atoms with Gasteiger partial charge in [0.25, 0.3) is 0 Å². The van der Waals surface area contributed by atoms with Gasteiger partial charge in [0.2, 0.25) is 11.8 Å². The van der Waals surface area contributed by atoms with Crippen LogP contribution in [0.1, 0.15) is 25.8 Å². The monoisotopic (exact) mass is 416 g/mol. The zero-order chi connectivity index (χ0) is 20.1. The van der Waals surface area contributed by atoms with Crippen LogP contribution in [0, 0.1) is 0 Å². The molecule has 2 aromatic rings. The van der Waals surface area contributed by atoms with Gasteiger partial charge in [-0.3, -0.25) is 14.5 Å². The summed E-state index contributed by atoms with van der Waals surface area (Å²) in [5.74, 6) is 0.160. The van der Waals surface area contributed by atoms with Crippen LogP contribution < -0.4 is 5.32 Å². The highest BCUT2D eigenvalue weighted by Crippen LogP contribution is 2.31. The summed E-state index contributed by atoms with van der Waals surface area (Å²) in [4.78, 5) is 35.2. The maximum atomic E-state index is 12.7. The lowest BCUT2D eigenvalue weighted by Gasteiger charge is -2.13. The average Bonchev–Trinajstić information content (AvgIpc) is 2.98. The summed E-state index contributed by atoms with van der Waals surface area (Å²) in [5.41, 5.74) is 1.93. The van der Waals surface area contributed by atoms with Crippen LogP contribution in [0.2, 0.25) is 5.02 Å². The first-order valence-corrected chi connectivity index (χ1v) is 10.3. The third-order valence-corrected chi connectivity index (χ3v) is 5.67. The molecule has 2 amide bonds. The second-order valence-corrected chi connectivity index (χ2v) is 7.83. The van der Waals surface area contributed by atoms with Crippen LogP contribution in [-0.2, 0) is 16.0 Å².